The van der Waals surface area contributed by atoms with Gasteiger partial charge in [0, 0.05) is 11.1 Å². The lowest BCUT2D eigenvalue weighted by Gasteiger charge is -2.03. The highest BCUT2D eigenvalue weighted by atomic mass is 35.5. The highest BCUT2D eigenvalue weighted by molar-refractivity contribution is 7.15. The number of amides is 1. The monoisotopic (exact) mass is 390 g/mol. The fourth-order valence-corrected chi connectivity index (χ4v) is 2.80. The topological polar surface area (TPSA) is 107 Å². The van der Waals surface area contributed by atoms with Crippen LogP contribution in [0.3, 0.4) is 0 Å². The molecule has 0 saturated carbocycles. The van der Waals surface area contributed by atoms with Crippen LogP contribution < -0.4 is 10.1 Å². The minimum absolute atomic E-state index is 0.0494. The molecule has 1 aromatic heterocycles. The number of carbonyl (C=O) groups excluding carboxylic acids is 1. The molecule has 0 aliphatic rings. The average molecular weight is 391 g/mol. The third-order valence-electron chi connectivity index (χ3n) is 3.21. The Hall–Kier alpha value is -3.04. The highest BCUT2D eigenvalue weighted by Gasteiger charge is 2.20. The maximum atomic E-state index is 12.2. The molecule has 3 aromatic rings. The zero-order chi connectivity index (χ0) is 18.5. The van der Waals surface area contributed by atoms with E-state index in [1.807, 2.05) is 0 Å². The predicted octanol–water partition coefficient (Wildman–Crippen LogP) is 3.93. The lowest BCUT2D eigenvalue weighted by Crippen LogP contribution is -2.13. The van der Waals surface area contributed by atoms with Crippen molar-refractivity contribution in [1.82, 2.24) is 10.2 Å². The Bertz CT molecular complexity index is 945. The fraction of sp³-hybridized carbons (Fsp3) is 0.0625. The normalized spacial score (nSPS) is 10.3. The SMILES string of the molecule is O=C(Nc1nnc(COc2ccc(Cl)cc2)s1)c1ccccc1[N+](=O)[O-]. The van der Waals surface area contributed by atoms with E-state index in [0.717, 1.165) is 11.3 Å². The number of halogens is 1. The van der Waals surface area contributed by atoms with E-state index >= 15 is 0 Å². The lowest BCUT2D eigenvalue weighted by atomic mass is 10.1. The van der Waals surface area contributed by atoms with Crippen LogP contribution in [0.15, 0.2) is 48.5 Å². The summed E-state index contributed by atoms with van der Waals surface area (Å²) in [4.78, 5) is 22.6. The molecule has 0 atom stereocenters. The minimum Gasteiger partial charge on any atom is -0.486 e. The number of anilines is 1. The van der Waals surface area contributed by atoms with Gasteiger partial charge in [-0.25, -0.2) is 0 Å². The van der Waals surface area contributed by atoms with E-state index in [1.54, 1.807) is 30.3 Å². The van der Waals surface area contributed by atoms with Crippen LogP contribution in [0.25, 0.3) is 0 Å². The van der Waals surface area contributed by atoms with Crippen LogP contribution in [0.1, 0.15) is 15.4 Å². The first kappa shape index (κ1) is 17.8. The number of nitrogens with one attached hydrogen (secondary N) is 1. The number of para-hydroxylation sites is 1. The summed E-state index contributed by atoms with van der Waals surface area (Å²) in [5.41, 5.74) is -0.326. The molecule has 132 valence electrons. The Balaban J connectivity index is 1.64. The lowest BCUT2D eigenvalue weighted by molar-refractivity contribution is -0.385. The highest BCUT2D eigenvalue weighted by Crippen LogP contribution is 2.22. The van der Waals surface area contributed by atoms with Crippen molar-refractivity contribution in [3.63, 3.8) is 0 Å². The van der Waals surface area contributed by atoms with E-state index in [1.165, 1.54) is 18.2 Å². The Morgan fingerprint density at radius 1 is 1.19 bits per heavy atom. The number of hydrogen-bond donors (Lipinski definition) is 1. The molecular formula is C16H11ClN4O4S. The first-order valence-electron chi connectivity index (χ1n) is 7.28. The van der Waals surface area contributed by atoms with E-state index in [4.69, 9.17) is 16.3 Å². The second-order valence-electron chi connectivity index (χ2n) is 4.97. The number of hydrogen-bond acceptors (Lipinski definition) is 7. The summed E-state index contributed by atoms with van der Waals surface area (Å²) in [6, 6.07) is 12.5. The Morgan fingerprint density at radius 2 is 1.92 bits per heavy atom. The molecule has 2 aromatic carbocycles. The maximum absolute atomic E-state index is 12.2. The number of nitro benzene ring substituents is 1. The Kier molecular flexibility index (Phi) is 5.40. The van der Waals surface area contributed by atoms with E-state index in [2.05, 4.69) is 15.5 Å². The molecule has 0 radical (unpaired) electrons. The standard InChI is InChI=1S/C16H11ClN4O4S/c17-10-5-7-11(8-6-10)25-9-14-19-20-16(26-14)18-15(22)12-3-1-2-4-13(12)21(23)24/h1-8H,9H2,(H,18,20,22). The molecule has 0 aliphatic heterocycles. The first-order chi connectivity index (χ1) is 12.5. The van der Waals surface area contributed by atoms with Gasteiger partial charge in [-0.2, -0.15) is 0 Å². The van der Waals surface area contributed by atoms with Crippen molar-refractivity contribution in [2.45, 2.75) is 6.61 Å². The predicted molar refractivity (Wildman–Crippen MR) is 96.7 cm³/mol. The van der Waals surface area contributed by atoms with Crippen molar-refractivity contribution in [1.29, 1.82) is 0 Å². The zero-order valence-electron chi connectivity index (χ0n) is 13.1. The molecule has 0 aliphatic carbocycles. The minimum atomic E-state index is -0.626. The molecule has 0 spiro atoms. The molecule has 1 heterocycles. The molecule has 1 N–H and O–H groups in total. The molecule has 8 nitrogen and oxygen atoms in total. The summed E-state index contributed by atoms with van der Waals surface area (Å²) >= 11 is 6.92. The molecule has 0 fully saturated rings. The van der Waals surface area contributed by atoms with Gasteiger partial charge in [0.1, 0.15) is 17.9 Å². The smallest absolute Gasteiger partial charge is 0.282 e. The number of ether oxygens (including phenoxy) is 1. The number of rotatable bonds is 6. The van der Waals surface area contributed by atoms with Gasteiger partial charge in [0.05, 0.1) is 4.92 Å². The van der Waals surface area contributed by atoms with Crippen LogP contribution in [0.2, 0.25) is 5.02 Å². The van der Waals surface area contributed by atoms with Crippen molar-refractivity contribution < 1.29 is 14.5 Å². The van der Waals surface area contributed by atoms with Crippen LogP contribution in [0.4, 0.5) is 10.8 Å². The number of benzene rings is 2. The van der Waals surface area contributed by atoms with Gasteiger partial charge < -0.3 is 4.74 Å². The van der Waals surface area contributed by atoms with Gasteiger partial charge >= 0.3 is 0 Å². The number of aromatic nitrogens is 2. The van der Waals surface area contributed by atoms with Gasteiger partial charge in [-0.15, -0.1) is 10.2 Å². The van der Waals surface area contributed by atoms with Gasteiger partial charge in [0.2, 0.25) is 5.13 Å². The quantitative estimate of drug-likeness (QED) is 0.504. The molecule has 0 saturated heterocycles. The van der Waals surface area contributed by atoms with Crippen LogP contribution in [-0.4, -0.2) is 21.0 Å². The van der Waals surface area contributed by atoms with E-state index in [9.17, 15) is 14.9 Å². The second-order valence-corrected chi connectivity index (χ2v) is 6.47. The summed E-state index contributed by atoms with van der Waals surface area (Å²) in [5.74, 6) is -0.00582. The molecule has 0 bridgehead atoms. The van der Waals surface area contributed by atoms with Crippen molar-refractivity contribution in [3.8, 4) is 5.75 Å². The van der Waals surface area contributed by atoms with Crippen LogP contribution in [-0.2, 0) is 6.61 Å². The van der Waals surface area contributed by atoms with Gasteiger partial charge in [0.25, 0.3) is 11.6 Å². The molecule has 26 heavy (non-hydrogen) atoms. The van der Waals surface area contributed by atoms with Crippen LogP contribution in [0, 0.1) is 10.1 Å². The molecule has 10 heteroatoms. The molecular weight excluding hydrogens is 380 g/mol. The number of nitrogens with zero attached hydrogens (tertiary/aromatic N) is 3. The van der Waals surface area contributed by atoms with Crippen molar-refractivity contribution in [2.24, 2.45) is 0 Å². The van der Waals surface area contributed by atoms with E-state index < -0.39 is 10.8 Å². The Morgan fingerprint density at radius 3 is 2.65 bits per heavy atom. The number of carbonyl (C=O) groups is 1. The second kappa shape index (κ2) is 7.89. The fourth-order valence-electron chi connectivity index (χ4n) is 2.03. The summed E-state index contributed by atoms with van der Waals surface area (Å²) in [5, 5.41) is 22.6. The number of nitro groups is 1. The maximum Gasteiger partial charge on any atom is 0.282 e. The first-order valence-corrected chi connectivity index (χ1v) is 8.48. The molecule has 3 rings (SSSR count). The third kappa shape index (κ3) is 4.32. The largest absolute Gasteiger partial charge is 0.486 e. The van der Waals surface area contributed by atoms with Gasteiger partial charge in [0.15, 0.2) is 5.01 Å². The molecule has 1 amide bonds. The van der Waals surface area contributed by atoms with Gasteiger partial charge in [-0.1, -0.05) is 35.1 Å². The van der Waals surface area contributed by atoms with Crippen molar-refractivity contribution >= 4 is 39.7 Å². The summed E-state index contributed by atoms with van der Waals surface area (Å²) < 4.78 is 5.55. The Labute approximate surface area is 156 Å². The summed E-state index contributed by atoms with van der Waals surface area (Å²) in [6.07, 6.45) is 0. The van der Waals surface area contributed by atoms with Gasteiger partial charge in [-0.05, 0) is 30.3 Å². The zero-order valence-corrected chi connectivity index (χ0v) is 14.7. The van der Waals surface area contributed by atoms with Crippen LogP contribution >= 0.6 is 22.9 Å². The third-order valence-corrected chi connectivity index (χ3v) is 4.27. The van der Waals surface area contributed by atoms with E-state index in [0.29, 0.717) is 15.8 Å². The van der Waals surface area contributed by atoms with Crippen molar-refractivity contribution in [3.05, 3.63) is 74.2 Å². The van der Waals surface area contributed by atoms with Crippen LogP contribution in [0.5, 0.6) is 5.75 Å². The van der Waals surface area contributed by atoms with E-state index in [-0.39, 0.29) is 23.0 Å². The average Bonchev–Trinajstić information content (AvgIpc) is 3.08. The molecule has 0 unspecified atom stereocenters. The summed E-state index contributed by atoms with van der Waals surface area (Å²) in [7, 11) is 0. The van der Waals surface area contributed by atoms with Gasteiger partial charge in [-0.3, -0.25) is 20.2 Å². The van der Waals surface area contributed by atoms with Crippen molar-refractivity contribution in [2.75, 3.05) is 5.32 Å². The summed E-state index contributed by atoms with van der Waals surface area (Å²) in [6.45, 7) is 0.167.